The number of allylic oxidation sites excluding steroid dienone is 1. The second-order valence-corrected chi connectivity index (χ2v) is 8.73. The van der Waals surface area contributed by atoms with Crippen molar-refractivity contribution in [2.24, 2.45) is 0 Å². The summed E-state index contributed by atoms with van der Waals surface area (Å²) in [5.74, 6) is 0.360. The zero-order valence-corrected chi connectivity index (χ0v) is 18.3. The Kier molecular flexibility index (Phi) is 6.99. The summed E-state index contributed by atoms with van der Waals surface area (Å²) in [6.07, 6.45) is 2.30. The van der Waals surface area contributed by atoms with Crippen molar-refractivity contribution in [2.75, 3.05) is 17.1 Å². The molecule has 3 aromatic rings. The Labute approximate surface area is 186 Å². The van der Waals surface area contributed by atoms with E-state index in [0.717, 1.165) is 5.56 Å². The van der Waals surface area contributed by atoms with Gasteiger partial charge in [-0.3, -0.25) is 9.52 Å². The van der Waals surface area contributed by atoms with Gasteiger partial charge in [0.2, 0.25) is 0 Å². The van der Waals surface area contributed by atoms with Crippen LogP contribution in [-0.2, 0) is 16.4 Å². The second-order valence-electron chi connectivity index (χ2n) is 6.61. The van der Waals surface area contributed by atoms with Crippen LogP contribution in [0.25, 0.3) is 0 Å². The Hall–Kier alpha value is -3.29. The highest BCUT2D eigenvalue weighted by Crippen LogP contribution is 2.23. The van der Waals surface area contributed by atoms with Crippen LogP contribution in [0.2, 0.25) is 5.02 Å². The first-order chi connectivity index (χ1) is 14.8. The van der Waals surface area contributed by atoms with E-state index in [4.69, 9.17) is 16.3 Å². The van der Waals surface area contributed by atoms with Crippen molar-refractivity contribution >= 4 is 38.9 Å². The number of nitrogens with one attached hydrogen (secondary N) is 2. The number of sulfonamides is 1. The number of ether oxygens (including phenoxy) is 1. The van der Waals surface area contributed by atoms with E-state index in [1.807, 2.05) is 0 Å². The van der Waals surface area contributed by atoms with Crippen molar-refractivity contribution in [2.45, 2.75) is 11.3 Å². The molecule has 160 valence electrons. The molecule has 0 aliphatic carbocycles. The molecule has 0 unspecified atom stereocenters. The van der Waals surface area contributed by atoms with Crippen LogP contribution >= 0.6 is 11.6 Å². The normalized spacial score (nSPS) is 10.9. The predicted molar refractivity (Wildman–Crippen MR) is 124 cm³/mol. The molecule has 8 heteroatoms. The molecule has 0 aliphatic heterocycles. The van der Waals surface area contributed by atoms with Crippen LogP contribution in [0, 0.1) is 0 Å². The van der Waals surface area contributed by atoms with E-state index in [1.165, 1.54) is 30.3 Å². The Morgan fingerprint density at radius 2 is 1.81 bits per heavy atom. The highest BCUT2D eigenvalue weighted by molar-refractivity contribution is 7.92. The number of hydrogen-bond acceptors (Lipinski definition) is 4. The van der Waals surface area contributed by atoms with Crippen LogP contribution in [-0.4, -0.2) is 21.4 Å². The average molecular weight is 457 g/mol. The van der Waals surface area contributed by atoms with E-state index in [1.54, 1.807) is 49.6 Å². The van der Waals surface area contributed by atoms with Gasteiger partial charge in [-0.1, -0.05) is 23.7 Å². The third kappa shape index (κ3) is 5.65. The molecule has 0 fully saturated rings. The van der Waals surface area contributed by atoms with Gasteiger partial charge in [-0.05, 0) is 72.6 Å². The molecule has 3 aromatic carbocycles. The first kappa shape index (κ1) is 22.4. The fourth-order valence-corrected chi connectivity index (χ4v) is 4.16. The van der Waals surface area contributed by atoms with Crippen LogP contribution < -0.4 is 14.8 Å². The molecule has 31 heavy (non-hydrogen) atoms. The minimum Gasteiger partial charge on any atom is -0.496 e. The van der Waals surface area contributed by atoms with E-state index in [9.17, 15) is 13.2 Å². The summed E-state index contributed by atoms with van der Waals surface area (Å²) in [6.45, 7) is 3.72. The van der Waals surface area contributed by atoms with Crippen molar-refractivity contribution in [1.82, 2.24) is 0 Å². The molecule has 0 bridgehead atoms. The van der Waals surface area contributed by atoms with Gasteiger partial charge in [0.15, 0.2) is 0 Å². The number of methoxy groups -OCH3 is 1. The zero-order valence-electron chi connectivity index (χ0n) is 16.8. The largest absolute Gasteiger partial charge is 0.496 e. The number of carbonyl (C=O) groups is 1. The van der Waals surface area contributed by atoms with Crippen LogP contribution in [0.5, 0.6) is 5.75 Å². The third-order valence-corrected chi connectivity index (χ3v) is 6.04. The molecule has 0 spiro atoms. The van der Waals surface area contributed by atoms with E-state index >= 15 is 0 Å². The SMILES string of the molecule is C=CCc1cc(C(=O)Nc2ccc(S(=O)(=O)Nc3cccc(Cl)c3)cc2)ccc1OC. The van der Waals surface area contributed by atoms with Crippen molar-refractivity contribution in [3.63, 3.8) is 0 Å². The van der Waals surface area contributed by atoms with Crippen molar-refractivity contribution in [3.8, 4) is 5.75 Å². The molecule has 0 heterocycles. The first-order valence-electron chi connectivity index (χ1n) is 9.30. The van der Waals surface area contributed by atoms with Gasteiger partial charge in [0.1, 0.15) is 5.75 Å². The second kappa shape index (κ2) is 9.68. The van der Waals surface area contributed by atoms with E-state index < -0.39 is 10.0 Å². The summed E-state index contributed by atoms with van der Waals surface area (Å²) in [4.78, 5) is 12.7. The molecule has 6 nitrogen and oxygen atoms in total. The van der Waals surface area contributed by atoms with Crippen molar-refractivity contribution in [3.05, 3.63) is 95.5 Å². The number of hydrogen-bond donors (Lipinski definition) is 2. The highest BCUT2D eigenvalue weighted by atomic mass is 35.5. The number of anilines is 2. The molecule has 0 atom stereocenters. The Bertz CT molecular complexity index is 1210. The maximum absolute atomic E-state index is 12.6. The summed E-state index contributed by atoms with van der Waals surface area (Å²) in [5.41, 5.74) is 2.13. The van der Waals surface area contributed by atoms with Crippen LogP contribution in [0.4, 0.5) is 11.4 Å². The summed E-state index contributed by atoms with van der Waals surface area (Å²) in [5, 5.41) is 3.19. The van der Waals surface area contributed by atoms with Crippen molar-refractivity contribution < 1.29 is 17.9 Å². The molecular formula is C23H21ClN2O4S. The van der Waals surface area contributed by atoms with Gasteiger partial charge in [0.05, 0.1) is 17.7 Å². The Morgan fingerprint density at radius 1 is 1.06 bits per heavy atom. The zero-order chi connectivity index (χ0) is 22.4. The molecule has 0 aromatic heterocycles. The van der Waals surface area contributed by atoms with Gasteiger partial charge in [-0.2, -0.15) is 0 Å². The van der Waals surface area contributed by atoms with Gasteiger partial charge < -0.3 is 10.1 Å². The van der Waals surface area contributed by atoms with Gasteiger partial charge >= 0.3 is 0 Å². The standard InChI is InChI=1S/C23H21ClN2O4S/c1-3-5-16-14-17(8-13-22(16)30-2)23(27)25-19-9-11-21(12-10-19)31(28,29)26-20-7-4-6-18(24)15-20/h3-4,6-15,26H,1,5H2,2H3,(H,25,27). The lowest BCUT2D eigenvalue weighted by Gasteiger charge is -2.11. The number of rotatable bonds is 8. The van der Waals surface area contributed by atoms with E-state index in [2.05, 4.69) is 16.6 Å². The molecule has 0 saturated heterocycles. The summed E-state index contributed by atoms with van der Waals surface area (Å²) >= 11 is 5.90. The summed E-state index contributed by atoms with van der Waals surface area (Å²) in [6, 6.07) is 17.4. The van der Waals surface area contributed by atoms with Gasteiger partial charge in [0, 0.05) is 16.3 Å². The third-order valence-electron chi connectivity index (χ3n) is 4.41. The maximum Gasteiger partial charge on any atom is 0.261 e. The summed E-state index contributed by atoms with van der Waals surface area (Å²) < 4.78 is 32.9. The molecule has 0 radical (unpaired) electrons. The number of carbonyl (C=O) groups excluding carboxylic acids is 1. The van der Waals surface area contributed by atoms with Crippen LogP contribution in [0.1, 0.15) is 15.9 Å². The number of benzene rings is 3. The van der Waals surface area contributed by atoms with E-state index in [0.29, 0.717) is 34.1 Å². The van der Waals surface area contributed by atoms with Crippen LogP contribution in [0.3, 0.4) is 0 Å². The molecule has 0 aliphatic rings. The Balaban J connectivity index is 1.73. The average Bonchev–Trinajstić information content (AvgIpc) is 2.74. The maximum atomic E-state index is 12.6. The molecular weight excluding hydrogens is 436 g/mol. The van der Waals surface area contributed by atoms with Crippen LogP contribution in [0.15, 0.2) is 84.3 Å². The quantitative estimate of drug-likeness (QED) is 0.460. The molecule has 3 rings (SSSR count). The fraction of sp³-hybridized carbons (Fsp3) is 0.0870. The van der Waals surface area contributed by atoms with Gasteiger partial charge in [-0.15, -0.1) is 6.58 Å². The minimum absolute atomic E-state index is 0.0585. The molecule has 2 N–H and O–H groups in total. The Morgan fingerprint density at radius 3 is 2.45 bits per heavy atom. The minimum atomic E-state index is -3.79. The smallest absolute Gasteiger partial charge is 0.261 e. The topological polar surface area (TPSA) is 84.5 Å². The lowest BCUT2D eigenvalue weighted by molar-refractivity contribution is 0.102. The lowest BCUT2D eigenvalue weighted by Crippen LogP contribution is -2.14. The molecule has 0 saturated carbocycles. The summed E-state index contributed by atoms with van der Waals surface area (Å²) in [7, 11) is -2.22. The fourth-order valence-electron chi connectivity index (χ4n) is 2.92. The monoisotopic (exact) mass is 456 g/mol. The highest BCUT2D eigenvalue weighted by Gasteiger charge is 2.15. The lowest BCUT2D eigenvalue weighted by atomic mass is 10.1. The number of amides is 1. The van der Waals surface area contributed by atoms with Crippen molar-refractivity contribution in [1.29, 1.82) is 0 Å². The van der Waals surface area contributed by atoms with Gasteiger partial charge in [0.25, 0.3) is 15.9 Å². The van der Waals surface area contributed by atoms with E-state index in [-0.39, 0.29) is 10.8 Å². The predicted octanol–water partition coefficient (Wildman–Crippen LogP) is 5.13. The number of halogens is 1. The first-order valence-corrected chi connectivity index (χ1v) is 11.2. The molecule has 1 amide bonds. The van der Waals surface area contributed by atoms with Gasteiger partial charge in [-0.25, -0.2) is 8.42 Å².